The summed E-state index contributed by atoms with van der Waals surface area (Å²) in [4.78, 5) is 19.8. The van der Waals surface area contributed by atoms with Crippen LogP contribution in [0.1, 0.15) is 24.2 Å². The van der Waals surface area contributed by atoms with Crippen molar-refractivity contribution in [1.82, 2.24) is 15.3 Å². The van der Waals surface area contributed by atoms with E-state index in [1.54, 1.807) is 12.4 Å². The van der Waals surface area contributed by atoms with E-state index < -0.39 is 0 Å². The highest BCUT2D eigenvalue weighted by molar-refractivity contribution is 7.13. The Morgan fingerprint density at radius 3 is 2.72 bits per heavy atom. The molecule has 0 aliphatic carbocycles. The van der Waals surface area contributed by atoms with Gasteiger partial charge in [-0.15, -0.1) is 11.3 Å². The highest BCUT2D eigenvalue weighted by Gasteiger charge is 2.10. The normalized spacial score (nSPS) is 11.9. The molecule has 0 spiro atoms. The topological polar surface area (TPSA) is 66.9 Å². The number of anilines is 1. The Kier molecular flexibility index (Phi) is 3.88. The van der Waals surface area contributed by atoms with Crippen LogP contribution in [0.3, 0.4) is 0 Å². The number of aryl methyl sites for hydroxylation is 1. The van der Waals surface area contributed by atoms with Crippen LogP contribution in [0, 0.1) is 6.92 Å². The SMILES string of the molecule is Cc1csc(NC(=O)NC(C)c2ccncc2)n1. The molecule has 0 saturated heterocycles. The Balaban J connectivity index is 1.92. The average molecular weight is 262 g/mol. The summed E-state index contributed by atoms with van der Waals surface area (Å²) in [5.41, 5.74) is 1.91. The van der Waals surface area contributed by atoms with Gasteiger partial charge in [0.15, 0.2) is 5.13 Å². The van der Waals surface area contributed by atoms with Crippen molar-refractivity contribution in [2.75, 3.05) is 5.32 Å². The van der Waals surface area contributed by atoms with Crippen LogP contribution in [0.2, 0.25) is 0 Å². The molecule has 6 heteroatoms. The van der Waals surface area contributed by atoms with Gasteiger partial charge < -0.3 is 5.32 Å². The summed E-state index contributed by atoms with van der Waals surface area (Å²) in [6, 6.07) is 3.42. The predicted octanol–water partition coefficient (Wildman–Crippen LogP) is 2.73. The molecule has 2 heterocycles. The van der Waals surface area contributed by atoms with Crippen LogP contribution in [0.25, 0.3) is 0 Å². The number of nitrogens with zero attached hydrogens (tertiary/aromatic N) is 2. The number of carbonyl (C=O) groups excluding carboxylic acids is 1. The van der Waals surface area contributed by atoms with Crippen molar-refractivity contribution in [1.29, 1.82) is 0 Å². The molecule has 1 atom stereocenters. The third-order valence-electron chi connectivity index (χ3n) is 2.39. The number of urea groups is 1. The van der Waals surface area contributed by atoms with Gasteiger partial charge in [0.2, 0.25) is 0 Å². The largest absolute Gasteiger partial charge is 0.331 e. The summed E-state index contributed by atoms with van der Waals surface area (Å²) in [6.45, 7) is 3.81. The van der Waals surface area contributed by atoms with Gasteiger partial charge in [-0.2, -0.15) is 0 Å². The Morgan fingerprint density at radius 2 is 2.11 bits per heavy atom. The molecule has 2 rings (SSSR count). The number of rotatable bonds is 3. The minimum Gasteiger partial charge on any atom is -0.331 e. The Bertz CT molecular complexity index is 526. The first-order valence-corrected chi connectivity index (χ1v) is 6.42. The third kappa shape index (κ3) is 3.27. The summed E-state index contributed by atoms with van der Waals surface area (Å²) < 4.78 is 0. The van der Waals surface area contributed by atoms with Crippen LogP contribution in [0.5, 0.6) is 0 Å². The molecule has 0 fully saturated rings. The second kappa shape index (κ2) is 5.59. The molecule has 94 valence electrons. The van der Waals surface area contributed by atoms with Crippen LogP contribution < -0.4 is 10.6 Å². The van der Waals surface area contributed by atoms with Gasteiger partial charge in [0, 0.05) is 17.8 Å². The predicted molar refractivity (Wildman–Crippen MR) is 71.7 cm³/mol. The van der Waals surface area contributed by atoms with Crippen LogP contribution in [0.4, 0.5) is 9.93 Å². The molecule has 5 nitrogen and oxygen atoms in total. The number of pyridine rings is 1. The van der Waals surface area contributed by atoms with E-state index in [1.165, 1.54) is 11.3 Å². The lowest BCUT2D eigenvalue weighted by Gasteiger charge is -2.13. The van der Waals surface area contributed by atoms with Gasteiger partial charge in [0.25, 0.3) is 0 Å². The minimum atomic E-state index is -0.256. The fourth-order valence-electron chi connectivity index (χ4n) is 1.48. The lowest BCUT2D eigenvalue weighted by molar-refractivity contribution is 0.249. The number of carbonyl (C=O) groups is 1. The molecule has 2 aromatic rings. The van der Waals surface area contributed by atoms with Crippen LogP contribution in [-0.4, -0.2) is 16.0 Å². The quantitative estimate of drug-likeness (QED) is 0.893. The molecule has 0 aromatic carbocycles. The van der Waals surface area contributed by atoms with E-state index in [2.05, 4.69) is 20.6 Å². The van der Waals surface area contributed by atoms with Crippen molar-refractivity contribution >= 4 is 22.5 Å². The molecule has 1 unspecified atom stereocenters. The summed E-state index contributed by atoms with van der Waals surface area (Å²) >= 11 is 1.41. The van der Waals surface area contributed by atoms with Crippen molar-refractivity contribution in [3.63, 3.8) is 0 Å². The molecule has 2 aromatic heterocycles. The number of hydrogen-bond acceptors (Lipinski definition) is 4. The van der Waals surface area contributed by atoms with Gasteiger partial charge in [-0.1, -0.05) is 0 Å². The Hall–Kier alpha value is -1.95. The van der Waals surface area contributed by atoms with Gasteiger partial charge in [-0.3, -0.25) is 10.3 Å². The summed E-state index contributed by atoms with van der Waals surface area (Å²) in [6.07, 6.45) is 3.41. The highest BCUT2D eigenvalue weighted by Crippen LogP contribution is 2.15. The number of hydrogen-bond donors (Lipinski definition) is 2. The second-order valence-corrected chi connectivity index (χ2v) is 4.75. The molecular weight excluding hydrogens is 248 g/mol. The Morgan fingerprint density at radius 1 is 1.39 bits per heavy atom. The molecule has 0 aliphatic heterocycles. The number of amides is 2. The maximum Gasteiger partial charge on any atom is 0.321 e. The van der Waals surface area contributed by atoms with E-state index in [-0.39, 0.29) is 12.1 Å². The van der Waals surface area contributed by atoms with E-state index >= 15 is 0 Å². The highest BCUT2D eigenvalue weighted by atomic mass is 32.1. The summed E-state index contributed by atoms with van der Waals surface area (Å²) in [7, 11) is 0. The Labute approximate surface area is 109 Å². The van der Waals surface area contributed by atoms with Crippen LogP contribution in [-0.2, 0) is 0 Å². The molecule has 2 amide bonds. The van der Waals surface area contributed by atoms with Gasteiger partial charge in [0.05, 0.1) is 11.7 Å². The average Bonchev–Trinajstić information content (AvgIpc) is 2.75. The van der Waals surface area contributed by atoms with E-state index in [0.717, 1.165) is 11.3 Å². The van der Waals surface area contributed by atoms with Crippen molar-refractivity contribution in [2.24, 2.45) is 0 Å². The van der Waals surface area contributed by atoms with E-state index in [0.29, 0.717) is 5.13 Å². The molecule has 0 radical (unpaired) electrons. The van der Waals surface area contributed by atoms with E-state index in [1.807, 2.05) is 31.4 Å². The third-order valence-corrected chi connectivity index (χ3v) is 3.27. The van der Waals surface area contributed by atoms with Gasteiger partial charge in [0.1, 0.15) is 0 Å². The molecule has 18 heavy (non-hydrogen) atoms. The standard InChI is InChI=1S/C12H14N4OS/c1-8-7-18-12(14-8)16-11(17)15-9(2)10-3-5-13-6-4-10/h3-7,9H,1-2H3,(H2,14,15,16,17). The van der Waals surface area contributed by atoms with E-state index in [9.17, 15) is 4.79 Å². The molecular formula is C12H14N4OS. The van der Waals surface area contributed by atoms with Crippen molar-refractivity contribution < 1.29 is 4.79 Å². The zero-order valence-corrected chi connectivity index (χ0v) is 11.0. The zero-order chi connectivity index (χ0) is 13.0. The van der Waals surface area contributed by atoms with E-state index in [4.69, 9.17) is 0 Å². The first kappa shape index (κ1) is 12.5. The monoisotopic (exact) mass is 262 g/mol. The van der Waals surface area contributed by atoms with Crippen LogP contribution >= 0.6 is 11.3 Å². The maximum absolute atomic E-state index is 11.7. The maximum atomic E-state index is 11.7. The molecule has 0 saturated carbocycles. The molecule has 2 N–H and O–H groups in total. The van der Waals surface area contributed by atoms with Crippen molar-refractivity contribution in [3.05, 3.63) is 41.2 Å². The first-order valence-electron chi connectivity index (χ1n) is 5.54. The molecule has 0 bridgehead atoms. The minimum absolute atomic E-state index is 0.0749. The van der Waals surface area contributed by atoms with Gasteiger partial charge in [-0.25, -0.2) is 9.78 Å². The summed E-state index contributed by atoms with van der Waals surface area (Å²) in [5, 5.41) is 8.04. The van der Waals surface area contributed by atoms with Gasteiger partial charge >= 0.3 is 6.03 Å². The number of thiazole rings is 1. The number of nitrogens with one attached hydrogen (secondary N) is 2. The second-order valence-electron chi connectivity index (χ2n) is 3.89. The number of aromatic nitrogens is 2. The lowest BCUT2D eigenvalue weighted by atomic mass is 10.1. The summed E-state index contributed by atoms with van der Waals surface area (Å²) in [5.74, 6) is 0. The lowest BCUT2D eigenvalue weighted by Crippen LogP contribution is -2.31. The van der Waals surface area contributed by atoms with Gasteiger partial charge in [-0.05, 0) is 31.5 Å². The van der Waals surface area contributed by atoms with Crippen LogP contribution in [0.15, 0.2) is 29.9 Å². The van der Waals surface area contributed by atoms with Crippen molar-refractivity contribution in [2.45, 2.75) is 19.9 Å². The first-order chi connectivity index (χ1) is 8.65. The zero-order valence-electron chi connectivity index (χ0n) is 10.2. The smallest absolute Gasteiger partial charge is 0.321 e. The molecule has 0 aliphatic rings. The van der Waals surface area contributed by atoms with Crippen molar-refractivity contribution in [3.8, 4) is 0 Å². The fourth-order valence-corrected chi connectivity index (χ4v) is 2.16. The fraction of sp³-hybridized carbons (Fsp3) is 0.250.